The number of hydrogen-bond donors (Lipinski definition) is 0. The second-order valence-corrected chi connectivity index (χ2v) is 5.07. The molecule has 0 saturated carbocycles. The smallest absolute Gasteiger partial charge is 0.0307 e. The van der Waals surface area contributed by atoms with Crippen LogP contribution >= 0.6 is 0 Å². The van der Waals surface area contributed by atoms with E-state index in [9.17, 15) is 0 Å². The van der Waals surface area contributed by atoms with Crippen molar-refractivity contribution in [2.75, 3.05) is 0 Å². The highest BCUT2D eigenvalue weighted by Gasteiger charge is 2.21. The van der Waals surface area contributed by atoms with Crippen molar-refractivity contribution >= 4 is 0 Å². The largest absolute Gasteiger partial charge is 0.0802 e. The maximum absolute atomic E-state index is 2.27. The van der Waals surface area contributed by atoms with E-state index in [0.717, 1.165) is 6.42 Å². The third kappa shape index (κ3) is 2.39. The van der Waals surface area contributed by atoms with E-state index in [4.69, 9.17) is 0 Å². The van der Waals surface area contributed by atoms with Crippen molar-refractivity contribution in [3.05, 3.63) is 95.1 Å². The van der Waals surface area contributed by atoms with E-state index < -0.39 is 0 Å². The Hall–Kier alpha value is -2.08. The molecule has 3 rings (SSSR count). The van der Waals surface area contributed by atoms with Crippen LogP contribution in [0, 0.1) is 0 Å². The Bertz CT molecular complexity index is 564. The van der Waals surface area contributed by atoms with Crippen LogP contribution in [0.3, 0.4) is 0 Å². The second kappa shape index (κ2) is 5.27. The summed E-state index contributed by atoms with van der Waals surface area (Å²) in [4.78, 5) is 0. The normalized spacial score (nSPS) is 14.4. The molecule has 0 fully saturated rings. The van der Waals surface area contributed by atoms with Crippen molar-refractivity contribution in [2.45, 2.75) is 19.3 Å². The molecule has 0 nitrogen and oxygen atoms in total. The predicted octanol–water partition coefficient (Wildman–Crippen LogP) is 5.09. The van der Waals surface area contributed by atoms with Crippen LogP contribution in [-0.4, -0.2) is 0 Å². The molecule has 2 aromatic rings. The van der Waals surface area contributed by atoms with Gasteiger partial charge in [0.05, 0.1) is 0 Å². The zero-order valence-electron chi connectivity index (χ0n) is 11.2. The van der Waals surface area contributed by atoms with Gasteiger partial charge in [-0.2, -0.15) is 0 Å². The lowest BCUT2D eigenvalue weighted by molar-refractivity contribution is 0.908. The van der Waals surface area contributed by atoms with Gasteiger partial charge in [0, 0.05) is 5.92 Å². The van der Waals surface area contributed by atoms with Crippen LogP contribution in [-0.2, 0) is 0 Å². The minimum atomic E-state index is 0.386. The summed E-state index contributed by atoms with van der Waals surface area (Å²) in [6.07, 6.45) is 5.58. The molecule has 0 unspecified atom stereocenters. The number of hydrogen-bond acceptors (Lipinski definition) is 0. The number of allylic oxidation sites excluding steroid dienone is 4. The van der Waals surface area contributed by atoms with Crippen molar-refractivity contribution in [3.63, 3.8) is 0 Å². The first kappa shape index (κ1) is 12.0. The lowest BCUT2D eigenvalue weighted by Gasteiger charge is -2.21. The molecule has 1 aliphatic rings. The zero-order chi connectivity index (χ0) is 13.1. The van der Waals surface area contributed by atoms with Crippen LogP contribution in [0.4, 0.5) is 0 Å². The average molecular weight is 246 g/mol. The third-order valence-electron chi connectivity index (χ3n) is 3.83. The van der Waals surface area contributed by atoms with E-state index in [1.54, 1.807) is 0 Å². The van der Waals surface area contributed by atoms with Crippen molar-refractivity contribution in [3.8, 4) is 0 Å². The fraction of sp³-hybridized carbons (Fsp3) is 0.158. The molecule has 0 aromatic heterocycles. The van der Waals surface area contributed by atoms with E-state index in [2.05, 4.69) is 79.7 Å². The summed E-state index contributed by atoms with van der Waals surface area (Å²) >= 11 is 0. The monoisotopic (exact) mass is 246 g/mol. The van der Waals surface area contributed by atoms with Gasteiger partial charge in [-0.05, 0) is 24.5 Å². The predicted molar refractivity (Wildman–Crippen MR) is 81.2 cm³/mol. The fourth-order valence-corrected chi connectivity index (χ4v) is 2.86. The first-order chi connectivity index (χ1) is 9.36. The average Bonchev–Trinajstić information content (AvgIpc) is 2.88. The van der Waals surface area contributed by atoms with Gasteiger partial charge < -0.3 is 0 Å². The van der Waals surface area contributed by atoms with E-state index in [1.165, 1.54) is 22.3 Å². The van der Waals surface area contributed by atoms with Crippen LogP contribution in [0.15, 0.2) is 84.0 Å². The molecule has 0 heteroatoms. The second-order valence-electron chi connectivity index (χ2n) is 5.07. The van der Waals surface area contributed by atoms with Gasteiger partial charge in [0.15, 0.2) is 0 Å². The van der Waals surface area contributed by atoms with E-state index in [-0.39, 0.29) is 0 Å². The van der Waals surface area contributed by atoms with Crippen LogP contribution in [0.25, 0.3) is 0 Å². The quantitative estimate of drug-likeness (QED) is 0.707. The molecule has 2 aromatic carbocycles. The molecule has 0 amide bonds. The summed E-state index contributed by atoms with van der Waals surface area (Å²) in [6.45, 7) is 2.22. The summed E-state index contributed by atoms with van der Waals surface area (Å²) in [6, 6.07) is 21.6. The van der Waals surface area contributed by atoms with E-state index in [1.807, 2.05) is 0 Å². The van der Waals surface area contributed by atoms with Gasteiger partial charge in [0.2, 0.25) is 0 Å². The molecule has 0 spiro atoms. The Kier molecular flexibility index (Phi) is 3.33. The summed E-state index contributed by atoms with van der Waals surface area (Å²) in [5, 5.41) is 0. The molecule has 0 heterocycles. The Morgan fingerprint density at radius 2 is 1.32 bits per heavy atom. The Labute approximate surface area is 115 Å². The van der Waals surface area contributed by atoms with Gasteiger partial charge in [-0.1, -0.05) is 84.0 Å². The van der Waals surface area contributed by atoms with Gasteiger partial charge in [0.25, 0.3) is 0 Å². The summed E-state index contributed by atoms with van der Waals surface area (Å²) in [7, 11) is 0. The molecule has 0 atom stereocenters. The number of benzene rings is 2. The van der Waals surface area contributed by atoms with Gasteiger partial charge >= 0.3 is 0 Å². The molecule has 0 saturated heterocycles. The minimum absolute atomic E-state index is 0.386. The highest BCUT2D eigenvalue weighted by atomic mass is 14.2. The molecular weight excluding hydrogens is 228 g/mol. The van der Waals surface area contributed by atoms with Gasteiger partial charge in [0.1, 0.15) is 0 Å². The molecule has 1 aliphatic carbocycles. The fourth-order valence-electron chi connectivity index (χ4n) is 2.86. The van der Waals surface area contributed by atoms with Gasteiger partial charge in [-0.3, -0.25) is 0 Å². The third-order valence-corrected chi connectivity index (χ3v) is 3.83. The molecular formula is C19H18. The Morgan fingerprint density at radius 1 is 0.789 bits per heavy atom. The molecule has 0 N–H and O–H groups in total. The first-order valence-corrected chi connectivity index (χ1v) is 6.82. The Balaban J connectivity index is 2.10. The topological polar surface area (TPSA) is 0 Å². The minimum Gasteiger partial charge on any atom is -0.0802 e. The standard InChI is InChI=1S/C19H18/c1-15-9-8-14-18(15)19(16-10-4-2-5-11-16)17-12-6-3-7-13-17/h2-13,19H,14H2,1H3. The highest BCUT2D eigenvalue weighted by molar-refractivity contribution is 5.47. The van der Waals surface area contributed by atoms with Crippen LogP contribution in [0.5, 0.6) is 0 Å². The van der Waals surface area contributed by atoms with Crippen molar-refractivity contribution in [1.82, 2.24) is 0 Å². The maximum atomic E-state index is 2.27. The number of rotatable bonds is 3. The van der Waals surface area contributed by atoms with Crippen LogP contribution in [0.1, 0.15) is 30.4 Å². The highest BCUT2D eigenvalue weighted by Crippen LogP contribution is 2.38. The first-order valence-electron chi connectivity index (χ1n) is 6.82. The lowest BCUT2D eigenvalue weighted by atomic mass is 9.83. The van der Waals surface area contributed by atoms with Crippen molar-refractivity contribution in [2.24, 2.45) is 0 Å². The summed E-state index contributed by atoms with van der Waals surface area (Å²) < 4.78 is 0. The van der Waals surface area contributed by atoms with Crippen molar-refractivity contribution in [1.29, 1.82) is 0 Å². The molecule has 19 heavy (non-hydrogen) atoms. The van der Waals surface area contributed by atoms with Crippen LogP contribution < -0.4 is 0 Å². The molecule has 0 bridgehead atoms. The zero-order valence-corrected chi connectivity index (χ0v) is 11.2. The summed E-state index contributed by atoms with van der Waals surface area (Å²) in [5.41, 5.74) is 5.70. The lowest BCUT2D eigenvalue weighted by Crippen LogP contribution is -2.04. The van der Waals surface area contributed by atoms with E-state index in [0.29, 0.717) is 5.92 Å². The van der Waals surface area contributed by atoms with Crippen molar-refractivity contribution < 1.29 is 0 Å². The molecule has 0 aliphatic heterocycles. The summed E-state index contributed by atoms with van der Waals surface area (Å²) in [5.74, 6) is 0.386. The van der Waals surface area contributed by atoms with E-state index >= 15 is 0 Å². The molecule has 94 valence electrons. The maximum Gasteiger partial charge on any atom is 0.0307 e. The SMILES string of the molecule is CC1=C(C(c2ccccc2)c2ccccc2)CC=C1. The van der Waals surface area contributed by atoms with Crippen LogP contribution in [0.2, 0.25) is 0 Å². The Morgan fingerprint density at radius 3 is 1.74 bits per heavy atom. The molecule has 0 radical (unpaired) electrons. The van der Waals surface area contributed by atoms with Gasteiger partial charge in [-0.25, -0.2) is 0 Å². The van der Waals surface area contributed by atoms with Gasteiger partial charge in [-0.15, -0.1) is 0 Å².